The van der Waals surface area contributed by atoms with E-state index in [1.54, 1.807) is 0 Å². The van der Waals surface area contributed by atoms with Crippen LogP contribution in [0.25, 0.3) is 0 Å². The molecule has 0 radical (unpaired) electrons. The van der Waals surface area contributed by atoms with Crippen LogP contribution in [0.2, 0.25) is 0 Å². The van der Waals surface area contributed by atoms with E-state index in [0.717, 1.165) is 30.5 Å². The van der Waals surface area contributed by atoms with Crippen LogP contribution in [0.15, 0.2) is 6.20 Å². The van der Waals surface area contributed by atoms with E-state index in [9.17, 15) is 4.79 Å². The third kappa shape index (κ3) is 3.83. The minimum atomic E-state index is -0.456. The second-order valence-corrected chi connectivity index (χ2v) is 6.18. The SMILES string of the molecule is CC(C)CC(N)C(=O)NC1CCCc2c1cnn2CCO. The Kier molecular flexibility index (Phi) is 5.36. The van der Waals surface area contributed by atoms with Crippen LogP contribution in [-0.4, -0.2) is 33.4 Å². The highest BCUT2D eigenvalue weighted by Gasteiger charge is 2.27. The molecule has 118 valence electrons. The van der Waals surface area contributed by atoms with E-state index < -0.39 is 6.04 Å². The number of nitrogens with one attached hydrogen (secondary N) is 1. The van der Waals surface area contributed by atoms with Crippen LogP contribution in [0.4, 0.5) is 0 Å². The van der Waals surface area contributed by atoms with Crippen molar-refractivity contribution in [3.63, 3.8) is 0 Å². The number of aliphatic hydroxyl groups excluding tert-OH is 1. The average Bonchev–Trinajstić information content (AvgIpc) is 2.83. The van der Waals surface area contributed by atoms with Gasteiger partial charge in [-0.1, -0.05) is 13.8 Å². The molecular weight excluding hydrogens is 268 g/mol. The van der Waals surface area contributed by atoms with E-state index >= 15 is 0 Å². The van der Waals surface area contributed by atoms with Crippen LogP contribution in [0, 0.1) is 5.92 Å². The van der Waals surface area contributed by atoms with Gasteiger partial charge >= 0.3 is 0 Å². The molecule has 2 atom stereocenters. The van der Waals surface area contributed by atoms with Crippen molar-refractivity contribution in [1.29, 1.82) is 0 Å². The maximum absolute atomic E-state index is 12.2. The van der Waals surface area contributed by atoms with Gasteiger partial charge in [0, 0.05) is 11.3 Å². The maximum atomic E-state index is 12.2. The minimum Gasteiger partial charge on any atom is -0.394 e. The number of nitrogens with two attached hydrogens (primary N) is 1. The predicted molar refractivity (Wildman–Crippen MR) is 80.6 cm³/mol. The third-order valence-electron chi connectivity index (χ3n) is 3.95. The first-order chi connectivity index (χ1) is 10.0. The average molecular weight is 294 g/mol. The second-order valence-electron chi connectivity index (χ2n) is 6.18. The largest absolute Gasteiger partial charge is 0.394 e. The quantitative estimate of drug-likeness (QED) is 0.721. The molecule has 1 aliphatic rings. The molecule has 0 aromatic carbocycles. The molecule has 6 nitrogen and oxygen atoms in total. The van der Waals surface area contributed by atoms with Gasteiger partial charge in [0.2, 0.25) is 5.91 Å². The summed E-state index contributed by atoms with van der Waals surface area (Å²) in [6.45, 7) is 4.70. The lowest BCUT2D eigenvalue weighted by molar-refractivity contribution is -0.123. The Morgan fingerprint density at radius 1 is 1.62 bits per heavy atom. The fraction of sp³-hybridized carbons (Fsp3) is 0.733. The maximum Gasteiger partial charge on any atom is 0.237 e. The standard InChI is InChI=1S/C15H26N4O2/c1-10(2)8-12(16)15(21)18-13-4-3-5-14-11(13)9-17-19(14)6-7-20/h9-10,12-13,20H,3-8,16H2,1-2H3,(H,18,21). The first-order valence-corrected chi connectivity index (χ1v) is 7.74. The van der Waals surface area contributed by atoms with Crippen LogP contribution in [0.1, 0.15) is 50.4 Å². The molecule has 4 N–H and O–H groups in total. The normalized spacial score (nSPS) is 19.4. The summed E-state index contributed by atoms with van der Waals surface area (Å²) in [5.74, 6) is 0.316. The monoisotopic (exact) mass is 294 g/mol. The molecule has 6 heteroatoms. The summed E-state index contributed by atoms with van der Waals surface area (Å²) >= 11 is 0. The van der Waals surface area contributed by atoms with Crippen molar-refractivity contribution in [2.75, 3.05) is 6.61 Å². The highest BCUT2D eigenvalue weighted by Crippen LogP contribution is 2.29. The number of hydrogen-bond acceptors (Lipinski definition) is 4. The predicted octanol–water partition coefficient (Wildman–Crippen LogP) is 0.742. The number of aromatic nitrogens is 2. The molecule has 1 aliphatic carbocycles. The summed E-state index contributed by atoms with van der Waals surface area (Å²) in [4.78, 5) is 12.2. The summed E-state index contributed by atoms with van der Waals surface area (Å²) in [7, 11) is 0. The van der Waals surface area contributed by atoms with Crippen molar-refractivity contribution >= 4 is 5.91 Å². The van der Waals surface area contributed by atoms with Gasteiger partial charge in [0.05, 0.1) is 31.4 Å². The Morgan fingerprint density at radius 2 is 2.38 bits per heavy atom. The molecule has 0 saturated heterocycles. The summed E-state index contributed by atoms with van der Waals surface area (Å²) in [6, 6.07) is -0.463. The van der Waals surface area contributed by atoms with Crippen molar-refractivity contribution in [2.45, 2.75) is 58.2 Å². The number of nitrogens with zero attached hydrogens (tertiary/aromatic N) is 2. The molecule has 2 unspecified atom stereocenters. The second kappa shape index (κ2) is 7.04. The molecule has 1 aromatic heterocycles. The first kappa shape index (κ1) is 16.0. The zero-order valence-corrected chi connectivity index (χ0v) is 12.9. The van der Waals surface area contributed by atoms with Gasteiger partial charge in [0.15, 0.2) is 0 Å². The van der Waals surface area contributed by atoms with Gasteiger partial charge < -0.3 is 16.2 Å². The van der Waals surface area contributed by atoms with Gasteiger partial charge in [0.25, 0.3) is 0 Å². The van der Waals surface area contributed by atoms with Crippen LogP contribution in [0.5, 0.6) is 0 Å². The van der Waals surface area contributed by atoms with Gasteiger partial charge in [-0.15, -0.1) is 0 Å². The van der Waals surface area contributed by atoms with Crippen molar-refractivity contribution in [3.8, 4) is 0 Å². The fourth-order valence-electron chi connectivity index (χ4n) is 2.95. The molecule has 0 saturated carbocycles. The van der Waals surface area contributed by atoms with Gasteiger partial charge in [-0.25, -0.2) is 0 Å². The van der Waals surface area contributed by atoms with E-state index in [4.69, 9.17) is 10.8 Å². The number of aliphatic hydroxyl groups is 1. The minimum absolute atomic E-state index is 0.00750. The number of amides is 1. The third-order valence-corrected chi connectivity index (χ3v) is 3.95. The van der Waals surface area contributed by atoms with Crippen LogP contribution in [0.3, 0.4) is 0 Å². The van der Waals surface area contributed by atoms with E-state index in [2.05, 4.69) is 24.3 Å². The number of rotatable bonds is 6. The Bertz CT molecular complexity index is 484. The van der Waals surface area contributed by atoms with Crippen LogP contribution in [-0.2, 0) is 17.8 Å². The molecule has 0 bridgehead atoms. The number of carbonyl (C=O) groups is 1. The van der Waals surface area contributed by atoms with Gasteiger partial charge in [-0.2, -0.15) is 5.10 Å². The smallest absolute Gasteiger partial charge is 0.237 e. The number of hydrogen-bond donors (Lipinski definition) is 3. The van der Waals surface area contributed by atoms with E-state index in [-0.39, 0.29) is 18.6 Å². The Labute approximate surface area is 125 Å². The topological polar surface area (TPSA) is 93.2 Å². The highest BCUT2D eigenvalue weighted by atomic mass is 16.3. The Hall–Kier alpha value is -1.40. The van der Waals surface area contributed by atoms with Crippen LogP contribution >= 0.6 is 0 Å². The summed E-state index contributed by atoms with van der Waals surface area (Å²) in [5, 5.41) is 16.4. The summed E-state index contributed by atoms with van der Waals surface area (Å²) in [5.41, 5.74) is 8.13. The Morgan fingerprint density at radius 3 is 3.05 bits per heavy atom. The Balaban J connectivity index is 2.05. The highest BCUT2D eigenvalue weighted by molar-refractivity contribution is 5.81. The molecule has 1 aromatic rings. The molecule has 0 aliphatic heterocycles. The summed E-state index contributed by atoms with van der Waals surface area (Å²) in [6.07, 6.45) is 5.37. The van der Waals surface area contributed by atoms with Gasteiger partial charge in [0.1, 0.15) is 0 Å². The van der Waals surface area contributed by atoms with E-state index in [1.165, 1.54) is 0 Å². The zero-order chi connectivity index (χ0) is 15.4. The van der Waals surface area contributed by atoms with Crippen molar-refractivity contribution < 1.29 is 9.90 Å². The fourth-order valence-corrected chi connectivity index (χ4v) is 2.95. The lowest BCUT2D eigenvalue weighted by Crippen LogP contribution is -2.43. The lowest BCUT2D eigenvalue weighted by atomic mass is 9.92. The number of fused-ring (bicyclic) bond motifs is 1. The molecule has 2 rings (SSSR count). The van der Waals surface area contributed by atoms with Crippen molar-refractivity contribution in [1.82, 2.24) is 15.1 Å². The van der Waals surface area contributed by atoms with Gasteiger partial charge in [-0.05, 0) is 31.6 Å². The van der Waals surface area contributed by atoms with E-state index in [1.807, 2.05) is 10.9 Å². The lowest BCUT2D eigenvalue weighted by Gasteiger charge is -2.26. The molecular formula is C15H26N4O2. The summed E-state index contributed by atoms with van der Waals surface area (Å²) < 4.78 is 1.84. The van der Waals surface area contributed by atoms with Crippen molar-refractivity contribution in [2.24, 2.45) is 11.7 Å². The molecule has 21 heavy (non-hydrogen) atoms. The molecule has 1 amide bonds. The van der Waals surface area contributed by atoms with E-state index in [0.29, 0.717) is 18.9 Å². The first-order valence-electron chi connectivity index (χ1n) is 7.74. The van der Waals surface area contributed by atoms with Crippen LogP contribution < -0.4 is 11.1 Å². The molecule has 0 spiro atoms. The zero-order valence-electron chi connectivity index (χ0n) is 12.9. The molecule has 1 heterocycles. The number of carbonyl (C=O) groups excluding carboxylic acids is 1. The van der Waals surface area contributed by atoms with Crippen molar-refractivity contribution in [3.05, 3.63) is 17.5 Å². The van der Waals surface area contributed by atoms with Gasteiger partial charge in [-0.3, -0.25) is 9.48 Å². The molecule has 0 fully saturated rings.